The minimum Gasteiger partial charge on any atom is -0.460 e. The molecule has 1 aliphatic rings. The second-order valence-electron chi connectivity index (χ2n) is 6.50. The number of carbonyl (C=O) groups is 1. The summed E-state index contributed by atoms with van der Waals surface area (Å²) in [6.45, 7) is 3.82. The van der Waals surface area contributed by atoms with Crippen LogP contribution in [0.2, 0.25) is 0 Å². The van der Waals surface area contributed by atoms with E-state index in [1.807, 2.05) is 0 Å². The fourth-order valence-corrected chi connectivity index (χ4v) is 2.75. The highest BCUT2D eigenvalue weighted by Gasteiger charge is 2.37. The Morgan fingerprint density at radius 1 is 1.05 bits per heavy atom. The molecule has 0 radical (unpaired) electrons. The van der Waals surface area contributed by atoms with Gasteiger partial charge in [0.05, 0.1) is 18.8 Å². The monoisotopic (exact) mass is 314 g/mol. The number of aliphatic hydroxyl groups is 1. The molecule has 1 heterocycles. The van der Waals surface area contributed by atoms with Crippen LogP contribution >= 0.6 is 0 Å². The van der Waals surface area contributed by atoms with Crippen molar-refractivity contribution in [1.82, 2.24) is 0 Å². The number of hydrogen-bond donors (Lipinski definition) is 1. The normalized spacial score (nSPS) is 21.6. The quantitative estimate of drug-likeness (QED) is 0.299. The summed E-state index contributed by atoms with van der Waals surface area (Å²) in [5.74, 6) is -0.233. The summed E-state index contributed by atoms with van der Waals surface area (Å²) >= 11 is 0. The molecule has 0 bridgehead atoms. The summed E-state index contributed by atoms with van der Waals surface area (Å²) in [6, 6.07) is 0. The van der Waals surface area contributed by atoms with Crippen molar-refractivity contribution in [3.05, 3.63) is 0 Å². The highest BCUT2D eigenvalue weighted by Crippen LogP contribution is 2.31. The molecule has 4 nitrogen and oxygen atoms in total. The maximum atomic E-state index is 11.5. The first-order chi connectivity index (χ1) is 10.7. The average molecular weight is 314 g/mol. The Bertz CT molecular complexity index is 293. The van der Waals surface area contributed by atoms with Gasteiger partial charge in [0, 0.05) is 6.42 Å². The van der Waals surface area contributed by atoms with Crippen LogP contribution in [0.5, 0.6) is 0 Å². The molecule has 22 heavy (non-hydrogen) atoms. The zero-order valence-electron chi connectivity index (χ0n) is 14.4. The second kappa shape index (κ2) is 11.9. The molecule has 0 amide bonds. The van der Waals surface area contributed by atoms with Crippen LogP contribution in [0.1, 0.15) is 84.5 Å². The van der Waals surface area contributed by atoms with Gasteiger partial charge in [0.15, 0.2) is 0 Å². The van der Waals surface area contributed by atoms with Crippen LogP contribution in [0.15, 0.2) is 0 Å². The molecule has 1 rings (SSSR count). The Kier molecular flexibility index (Phi) is 10.5. The molecule has 0 aromatic carbocycles. The molecule has 3 atom stereocenters. The first-order valence-corrected chi connectivity index (χ1v) is 9.13. The first kappa shape index (κ1) is 19.4. The third kappa shape index (κ3) is 9.42. The van der Waals surface area contributed by atoms with Crippen LogP contribution < -0.4 is 0 Å². The Labute approximate surface area is 135 Å². The van der Waals surface area contributed by atoms with Crippen LogP contribution in [0, 0.1) is 0 Å². The average Bonchev–Trinajstić information content (AvgIpc) is 3.26. The topological polar surface area (TPSA) is 59.1 Å². The Morgan fingerprint density at radius 3 is 2.27 bits per heavy atom. The molecule has 0 aromatic heterocycles. The lowest BCUT2D eigenvalue weighted by Gasteiger charge is -2.09. The molecule has 4 heteroatoms. The number of unbranched alkanes of at least 4 members (excludes halogenated alkanes) is 7. The van der Waals surface area contributed by atoms with E-state index in [9.17, 15) is 4.79 Å². The summed E-state index contributed by atoms with van der Waals surface area (Å²) in [5, 5.41) is 8.81. The molecule has 130 valence electrons. The molecule has 1 aliphatic heterocycles. The van der Waals surface area contributed by atoms with Crippen molar-refractivity contribution >= 4 is 5.97 Å². The standard InChI is InChI=1S/C18H34O4/c1-3-4-5-6-7-8-9-10-11-16-17(22-16)12-13-18(20)21-15(2)14-19/h15-17,19H,3-14H2,1-2H3. The molecule has 0 aromatic rings. The van der Waals surface area contributed by atoms with Crippen LogP contribution in [0.3, 0.4) is 0 Å². The summed E-state index contributed by atoms with van der Waals surface area (Å²) < 4.78 is 10.6. The minimum absolute atomic E-state index is 0.118. The molecule has 3 unspecified atom stereocenters. The van der Waals surface area contributed by atoms with Crippen molar-refractivity contribution < 1.29 is 19.4 Å². The van der Waals surface area contributed by atoms with E-state index >= 15 is 0 Å². The summed E-state index contributed by atoms with van der Waals surface area (Å²) in [6.07, 6.45) is 13.2. The van der Waals surface area contributed by atoms with Gasteiger partial charge in [0.25, 0.3) is 0 Å². The fraction of sp³-hybridized carbons (Fsp3) is 0.944. The highest BCUT2D eigenvalue weighted by atomic mass is 16.6. The lowest BCUT2D eigenvalue weighted by molar-refractivity contribution is -0.150. The van der Waals surface area contributed by atoms with Gasteiger partial charge in [-0.25, -0.2) is 0 Å². The number of rotatable bonds is 14. The van der Waals surface area contributed by atoms with Gasteiger partial charge in [0.1, 0.15) is 6.10 Å². The Hall–Kier alpha value is -0.610. The van der Waals surface area contributed by atoms with Crippen molar-refractivity contribution in [3.63, 3.8) is 0 Å². The van der Waals surface area contributed by atoms with Crippen LogP contribution in [0.4, 0.5) is 0 Å². The first-order valence-electron chi connectivity index (χ1n) is 9.13. The Morgan fingerprint density at radius 2 is 1.64 bits per heavy atom. The highest BCUT2D eigenvalue weighted by molar-refractivity contribution is 5.69. The number of hydrogen-bond acceptors (Lipinski definition) is 4. The number of aliphatic hydroxyl groups excluding tert-OH is 1. The van der Waals surface area contributed by atoms with Crippen molar-refractivity contribution in [1.29, 1.82) is 0 Å². The Balaban J connectivity index is 1.87. The van der Waals surface area contributed by atoms with E-state index < -0.39 is 6.10 Å². The van der Waals surface area contributed by atoms with Gasteiger partial charge in [-0.05, 0) is 19.8 Å². The third-order valence-corrected chi connectivity index (χ3v) is 4.25. The number of carbonyl (C=O) groups excluding carboxylic acids is 1. The maximum Gasteiger partial charge on any atom is 0.306 e. The van der Waals surface area contributed by atoms with Crippen LogP contribution in [0.25, 0.3) is 0 Å². The third-order valence-electron chi connectivity index (χ3n) is 4.25. The molecule has 0 aliphatic carbocycles. The number of ether oxygens (including phenoxy) is 2. The zero-order chi connectivity index (χ0) is 16.2. The van der Waals surface area contributed by atoms with Crippen molar-refractivity contribution in [3.8, 4) is 0 Å². The lowest BCUT2D eigenvalue weighted by atomic mass is 10.0. The van der Waals surface area contributed by atoms with E-state index in [2.05, 4.69) is 6.92 Å². The number of esters is 1. The van der Waals surface area contributed by atoms with E-state index in [1.165, 1.54) is 51.4 Å². The van der Waals surface area contributed by atoms with E-state index in [0.717, 1.165) is 12.8 Å². The molecule has 0 saturated carbocycles. The smallest absolute Gasteiger partial charge is 0.306 e. The van der Waals surface area contributed by atoms with Crippen molar-refractivity contribution in [2.24, 2.45) is 0 Å². The fourth-order valence-electron chi connectivity index (χ4n) is 2.75. The molecular formula is C18H34O4. The zero-order valence-corrected chi connectivity index (χ0v) is 14.4. The second-order valence-corrected chi connectivity index (χ2v) is 6.50. The van der Waals surface area contributed by atoms with Gasteiger partial charge in [0.2, 0.25) is 0 Å². The predicted octanol–water partition coefficient (Wildman–Crippen LogP) is 3.99. The van der Waals surface area contributed by atoms with E-state index in [0.29, 0.717) is 12.5 Å². The van der Waals surface area contributed by atoms with Gasteiger partial charge in [-0.15, -0.1) is 0 Å². The van der Waals surface area contributed by atoms with Gasteiger partial charge in [-0.3, -0.25) is 4.79 Å². The largest absolute Gasteiger partial charge is 0.460 e. The summed E-state index contributed by atoms with van der Waals surface area (Å²) in [4.78, 5) is 11.5. The molecule has 1 fully saturated rings. The predicted molar refractivity (Wildman–Crippen MR) is 87.8 cm³/mol. The molecule has 1 N–H and O–H groups in total. The van der Waals surface area contributed by atoms with E-state index in [-0.39, 0.29) is 18.7 Å². The minimum atomic E-state index is -0.402. The summed E-state index contributed by atoms with van der Waals surface area (Å²) in [5.41, 5.74) is 0. The molecular weight excluding hydrogens is 280 g/mol. The van der Waals surface area contributed by atoms with Crippen molar-refractivity contribution in [2.45, 2.75) is 103 Å². The van der Waals surface area contributed by atoms with Crippen LogP contribution in [-0.4, -0.2) is 36.0 Å². The van der Waals surface area contributed by atoms with E-state index in [4.69, 9.17) is 14.6 Å². The van der Waals surface area contributed by atoms with Crippen LogP contribution in [-0.2, 0) is 14.3 Å². The molecule has 0 spiro atoms. The molecule has 1 saturated heterocycles. The van der Waals surface area contributed by atoms with Gasteiger partial charge in [-0.1, -0.05) is 58.3 Å². The van der Waals surface area contributed by atoms with Crippen molar-refractivity contribution in [2.75, 3.05) is 6.61 Å². The number of epoxide rings is 1. The lowest BCUT2D eigenvalue weighted by Crippen LogP contribution is -2.18. The van der Waals surface area contributed by atoms with Gasteiger partial charge >= 0.3 is 5.97 Å². The van der Waals surface area contributed by atoms with E-state index in [1.54, 1.807) is 6.92 Å². The van der Waals surface area contributed by atoms with Gasteiger partial charge < -0.3 is 14.6 Å². The summed E-state index contributed by atoms with van der Waals surface area (Å²) in [7, 11) is 0. The SMILES string of the molecule is CCCCCCCCCCC1OC1CCC(=O)OC(C)CO. The van der Waals surface area contributed by atoms with Gasteiger partial charge in [-0.2, -0.15) is 0 Å². The maximum absolute atomic E-state index is 11.5.